The highest BCUT2D eigenvalue weighted by Gasteiger charge is 2.08. The topological polar surface area (TPSA) is 9.23 Å². The summed E-state index contributed by atoms with van der Waals surface area (Å²) < 4.78 is 19.0. The molecular weight excluding hydrogens is 235 g/mol. The van der Waals surface area contributed by atoms with Crippen LogP contribution in [0.15, 0.2) is 23.2 Å². The standard InChI is InChI=1S/C10H10BrFO/c1-6(2)7-4-8(11)10(13-3)5-9(7)12/h4-5H,1H2,2-3H3. The van der Waals surface area contributed by atoms with E-state index < -0.39 is 0 Å². The maximum absolute atomic E-state index is 13.3. The fourth-order valence-corrected chi connectivity index (χ4v) is 1.52. The van der Waals surface area contributed by atoms with Crippen LogP contribution in [0.25, 0.3) is 5.57 Å². The van der Waals surface area contributed by atoms with Crippen molar-refractivity contribution in [3.05, 3.63) is 34.6 Å². The number of hydrogen-bond acceptors (Lipinski definition) is 1. The molecule has 1 nitrogen and oxygen atoms in total. The van der Waals surface area contributed by atoms with Crippen molar-refractivity contribution in [2.24, 2.45) is 0 Å². The Hall–Kier alpha value is -0.830. The van der Waals surface area contributed by atoms with E-state index in [1.165, 1.54) is 13.2 Å². The molecular formula is C10H10BrFO. The first-order chi connectivity index (χ1) is 6.06. The van der Waals surface area contributed by atoms with Crippen LogP contribution in [0.3, 0.4) is 0 Å². The maximum atomic E-state index is 13.3. The molecule has 0 aliphatic carbocycles. The average Bonchev–Trinajstić information content (AvgIpc) is 2.07. The van der Waals surface area contributed by atoms with Crippen molar-refractivity contribution >= 4 is 21.5 Å². The Balaban J connectivity index is 3.28. The number of methoxy groups -OCH3 is 1. The van der Waals surface area contributed by atoms with Gasteiger partial charge in [0.25, 0.3) is 0 Å². The van der Waals surface area contributed by atoms with E-state index >= 15 is 0 Å². The molecule has 0 bridgehead atoms. The number of benzene rings is 1. The largest absolute Gasteiger partial charge is 0.495 e. The van der Waals surface area contributed by atoms with Crippen molar-refractivity contribution in [1.82, 2.24) is 0 Å². The van der Waals surface area contributed by atoms with Crippen LogP contribution >= 0.6 is 15.9 Å². The fraction of sp³-hybridized carbons (Fsp3) is 0.200. The first-order valence-corrected chi connectivity index (χ1v) is 4.54. The Morgan fingerprint density at radius 1 is 1.54 bits per heavy atom. The highest BCUT2D eigenvalue weighted by Crippen LogP contribution is 2.30. The Labute approximate surface area is 85.3 Å². The average molecular weight is 245 g/mol. The molecule has 0 saturated carbocycles. The summed E-state index contributed by atoms with van der Waals surface area (Å²) in [7, 11) is 1.50. The first-order valence-electron chi connectivity index (χ1n) is 3.75. The number of halogens is 2. The van der Waals surface area contributed by atoms with Crippen LogP contribution in [0.4, 0.5) is 4.39 Å². The van der Waals surface area contributed by atoms with Crippen LogP contribution in [0.2, 0.25) is 0 Å². The number of rotatable bonds is 2. The SMILES string of the molecule is C=C(C)c1cc(Br)c(OC)cc1F. The number of ether oxygens (including phenoxy) is 1. The maximum Gasteiger partial charge on any atom is 0.135 e. The summed E-state index contributed by atoms with van der Waals surface area (Å²) >= 11 is 3.28. The van der Waals surface area contributed by atoms with E-state index in [9.17, 15) is 4.39 Å². The van der Waals surface area contributed by atoms with E-state index in [2.05, 4.69) is 22.5 Å². The minimum Gasteiger partial charge on any atom is -0.495 e. The van der Waals surface area contributed by atoms with Crippen molar-refractivity contribution in [2.45, 2.75) is 6.92 Å². The lowest BCUT2D eigenvalue weighted by atomic mass is 10.1. The molecule has 0 heterocycles. The summed E-state index contributed by atoms with van der Waals surface area (Å²) in [5.74, 6) is 0.176. The Morgan fingerprint density at radius 3 is 2.62 bits per heavy atom. The molecule has 0 radical (unpaired) electrons. The molecule has 3 heteroatoms. The molecule has 1 aromatic carbocycles. The van der Waals surface area contributed by atoms with E-state index in [-0.39, 0.29) is 5.82 Å². The molecule has 0 spiro atoms. The normalized spacial score (nSPS) is 9.85. The van der Waals surface area contributed by atoms with Crippen molar-refractivity contribution in [2.75, 3.05) is 7.11 Å². The Morgan fingerprint density at radius 2 is 2.15 bits per heavy atom. The van der Waals surface area contributed by atoms with Crippen molar-refractivity contribution in [3.63, 3.8) is 0 Å². The van der Waals surface area contributed by atoms with Gasteiger partial charge in [-0.25, -0.2) is 4.39 Å². The summed E-state index contributed by atoms with van der Waals surface area (Å²) in [5, 5.41) is 0. The van der Waals surface area contributed by atoms with Crippen molar-refractivity contribution in [1.29, 1.82) is 0 Å². The summed E-state index contributed by atoms with van der Waals surface area (Å²) in [6, 6.07) is 3.00. The molecule has 0 aliphatic rings. The molecule has 1 rings (SSSR count). The molecule has 0 N–H and O–H groups in total. The smallest absolute Gasteiger partial charge is 0.135 e. The number of allylic oxidation sites excluding steroid dienone is 1. The predicted molar refractivity (Wildman–Crippen MR) is 55.4 cm³/mol. The molecule has 13 heavy (non-hydrogen) atoms. The van der Waals surface area contributed by atoms with Gasteiger partial charge in [0.1, 0.15) is 11.6 Å². The summed E-state index contributed by atoms with van der Waals surface area (Å²) in [4.78, 5) is 0. The molecule has 1 aromatic rings. The van der Waals surface area contributed by atoms with E-state index in [0.29, 0.717) is 16.9 Å². The van der Waals surface area contributed by atoms with E-state index in [4.69, 9.17) is 4.74 Å². The Kier molecular flexibility index (Phi) is 3.09. The first kappa shape index (κ1) is 10.3. The third kappa shape index (κ3) is 2.10. The molecule has 0 saturated heterocycles. The van der Waals surface area contributed by atoms with Crippen LogP contribution in [0.5, 0.6) is 5.75 Å². The second-order valence-corrected chi connectivity index (χ2v) is 3.60. The van der Waals surface area contributed by atoms with Gasteiger partial charge < -0.3 is 4.74 Å². The van der Waals surface area contributed by atoms with Crippen LogP contribution in [0.1, 0.15) is 12.5 Å². The zero-order valence-electron chi connectivity index (χ0n) is 7.53. The molecule has 70 valence electrons. The minimum atomic E-state index is -0.312. The predicted octanol–water partition coefficient (Wildman–Crippen LogP) is 3.63. The van der Waals surface area contributed by atoms with Gasteiger partial charge in [-0.05, 0) is 34.5 Å². The Bertz CT molecular complexity index is 347. The third-order valence-corrected chi connectivity index (χ3v) is 2.32. The minimum absolute atomic E-state index is 0.312. The van der Waals surface area contributed by atoms with E-state index in [0.717, 1.165) is 4.47 Å². The molecule has 0 fully saturated rings. The van der Waals surface area contributed by atoms with Gasteiger partial charge in [-0.15, -0.1) is 0 Å². The van der Waals surface area contributed by atoms with Gasteiger partial charge in [-0.3, -0.25) is 0 Å². The van der Waals surface area contributed by atoms with Gasteiger partial charge in [-0.1, -0.05) is 6.58 Å². The van der Waals surface area contributed by atoms with Crippen molar-refractivity contribution in [3.8, 4) is 5.75 Å². The lowest BCUT2D eigenvalue weighted by Crippen LogP contribution is -1.91. The van der Waals surface area contributed by atoms with Crippen LogP contribution in [-0.4, -0.2) is 7.11 Å². The lowest BCUT2D eigenvalue weighted by molar-refractivity contribution is 0.408. The lowest BCUT2D eigenvalue weighted by Gasteiger charge is -2.07. The van der Waals surface area contributed by atoms with E-state index in [1.807, 2.05) is 0 Å². The monoisotopic (exact) mass is 244 g/mol. The van der Waals surface area contributed by atoms with Crippen LogP contribution in [0, 0.1) is 5.82 Å². The van der Waals surface area contributed by atoms with Gasteiger partial charge in [0, 0.05) is 11.6 Å². The van der Waals surface area contributed by atoms with E-state index in [1.54, 1.807) is 13.0 Å². The highest BCUT2D eigenvalue weighted by atomic mass is 79.9. The van der Waals surface area contributed by atoms with Gasteiger partial charge >= 0.3 is 0 Å². The van der Waals surface area contributed by atoms with Gasteiger partial charge in [-0.2, -0.15) is 0 Å². The molecule has 0 aromatic heterocycles. The molecule has 0 atom stereocenters. The van der Waals surface area contributed by atoms with Gasteiger partial charge in [0.15, 0.2) is 0 Å². The van der Waals surface area contributed by atoms with Crippen LogP contribution < -0.4 is 4.74 Å². The molecule has 0 aliphatic heterocycles. The van der Waals surface area contributed by atoms with Gasteiger partial charge in [0.2, 0.25) is 0 Å². The zero-order chi connectivity index (χ0) is 10.0. The summed E-state index contributed by atoms with van der Waals surface area (Å²) in [5.41, 5.74) is 1.20. The fourth-order valence-electron chi connectivity index (χ4n) is 1.01. The second-order valence-electron chi connectivity index (χ2n) is 2.75. The second kappa shape index (κ2) is 3.92. The van der Waals surface area contributed by atoms with Crippen molar-refractivity contribution < 1.29 is 9.13 Å². The quantitative estimate of drug-likeness (QED) is 0.773. The van der Waals surface area contributed by atoms with Crippen LogP contribution in [-0.2, 0) is 0 Å². The summed E-state index contributed by atoms with van der Waals surface area (Å²) in [6.45, 7) is 5.44. The third-order valence-electron chi connectivity index (χ3n) is 1.70. The molecule has 0 unspecified atom stereocenters. The zero-order valence-corrected chi connectivity index (χ0v) is 9.11. The highest BCUT2D eigenvalue weighted by molar-refractivity contribution is 9.10. The molecule has 0 amide bonds. The number of hydrogen-bond donors (Lipinski definition) is 0. The van der Waals surface area contributed by atoms with Gasteiger partial charge in [0.05, 0.1) is 11.6 Å². The summed E-state index contributed by atoms with van der Waals surface area (Å²) in [6.07, 6.45) is 0.